The fourth-order valence-electron chi connectivity index (χ4n) is 2.70. The summed E-state index contributed by atoms with van der Waals surface area (Å²) in [7, 11) is 0. The van der Waals surface area contributed by atoms with Crippen LogP contribution >= 0.6 is 39.3 Å². The molecule has 7 heteroatoms. The third kappa shape index (κ3) is 4.41. The minimum Gasteiger partial charge on any atom is -0.321 e. The number of anilines is 1. The summed E-state index contributed by atoms with van der Waals surface area (Å²) < 4.78 is 2.87. The van der Waals surface area contributed by atoms with E-state index >= 15 is 0 Å². The van der Waals surface area contributed by atoms with E-state index in [1.165, 1.54) is 0 Å². The van der Waals surface area contributed by atoms with Gasteiger partial charge in [0.25, 0.3) is 5.91 Å². The largest absolute Gasteiger partial charge is 0.321 e. The summed E-state index contributed by atoms with van der Waals surface area (Å²) in [6.07, 6.45) is 4.02. The second kappa shape index (κ2) is 8.39. The molecule has 0 aliphatic heterocycles. The van der Waals surface area contributed by atoms with Gasteiger partial charge in [0.1, 0.15) is 5.65 Å². The van der Waals surface area contributed by atoms with Gasteiger partial charge >= 0.3 is 0 Å². The highest BCUT2D eigenvalue weighted by molar-refractivity contribution is 9.10. The van der Waals surface area contributed by atoms with Crippen LogP contribution in [0.25, 0.3) is 5.65 Å². The monoisotopic (exact) mass is 471 g/mol. The Hall–Kier alpha value is -2.28. The van der Waals surface area contributed by atoms with E-state index < -0.39 is 0 Å². The molecule has 2 aromatic heterocycles. The predicted octanol–water partition coefficient (Wildman–Crippen LogP) is 6.29. The van der Waals surface area contributed by atoms with Crippen molar-refractivity contribution in [3.8, 4) is 0 Å². The third-order valence-electron chi connectivity index (χ3n) is 4.10. The number of carbonyl (C=O) groups is 1. The van der Waals surface area contributed by atoms with Crippen LogP contribution in [-0.2, 0) is 5.75 Å². The maximum atomic E-state index is 12.4. The van der Waals surface area contributed by atoms with E-state index in [2.05, 4.69) is 26.2 Å². The standard InChI is InChI=1S/C21H15BrClN3OS/c22-15-6-9-19(18(23)11-15)25-21(27)14-4-7-17(8-5-14)28-13-16-12-26-10-2-1-3-20(26)24-16/h1-12H,13H2,(H,25,27). The minimum atomic E-state index is -0.193. The number of nitrogens with zero attached hydrogens (tertiary/aromatic N) is 2. The van der Waals surface area contributed by atoms with Crippen molar-refractivity contribution in [2.24, 2.45) is 0 Å². The molecule has 0 unspecified atom stereocenters. The molecule has 2 heterocycles. The summed E-state index contributed by atoms with van der Waals surface area (Å²) in [4.78, 5) is 18.1. The van der Waals surface area contributed by atoms with Crippen LogP contribution in [0.5, 0.6) is 0 Å². The van der Waals surface area contributed by atoms with Crippen molar-refractivity contribution in [3.63, 3.8) is 0 Å². The average Bonchev–Trinajstić information content (AvgIpc) is 3.12. The number of aromatic nitrogens is 2. The van der Waals surface area contributed by atoms with E-state index in [9.17, 15) is 4.79 Å². The highest BCUT2D eigenvalue weighted by atomic mass is 79.9. The van der Waals surface area contributed by atoms with Gasteiger partial charge in [0.15, 0.2) is 0 Å². The highest BCUT2D eigenvalue weighted by Crippen LogP contribution is 2.27. The SMILES string of the molecule is O=C(Nc1ccc(Br)cc1Cl)c1ccc(SCc2cn3ccccc3n2)cc1. The molecule has 0 saturated carbocycles. The van der Waals surface area contributed by atoms with Crippen molar-refractivity contribution in [1.29, 1.82) is 0 Å². The zero-order chi connectivity index (χ0) is 19.5. The molecule has 1 N–H and O–H groups in total. The van der Waals surface area contributed by atoms with E-state index in [4.69, 9.17) is 11.6 Å². The second-order valence-corrected chi connectivity index (χ2v) is 8.46. The normalized spacial score (nSPS) is 10.9. The van der Waals surface area contributed by atoms with Crippen molar-refractivity contribution in [3.05, 3.63) is 93.8 Å². The van der Waals surface area contributed by atoms with Crippen LogP contribution in [0, 0.1) is 0 Å². The molecule has 0 aliphatic carbocycles. The number of halogens is 2. The van der Waals surface area contributed by atoms with Crippen molar-refractivity contribution in [1.82, 2.24) is 9.38 Å². The molecule has 28 heavy (non-hydrogen) atoms. The predicted molar refractivity (Wildman–Crippen MR) is 118 cm³/mol. The fourth-order valence-corrected chi connectivity index (χ4v) is 4.20. The molecule has 4 nitrogen and oxygen atoms in total. The molecule has 140 valence electrons. The lowest BCUT2D eigenvalue weighted by Gasteiger charge is -2.08. The Balaban J connectivity index is 1.39. The van der Waals surface area contributed by atoms with Gasteiger partial charge in [-0.15, -0.1) is 11.8 Å². The van der Waals surface area contributed by atoms with E-state index in [0.717, 1.165) is 26.5 Å². The topological polar surface area (TPSA) is 46.4 Å². The molecule has 0 aliphatic rings. The summed E-state index contributed by atoms with van der Waals surface area (Å²) in [5.41, 5.74) is 3.12. The van der Waals surface area contributed by atoms with Crippen LogP contribution in [0.2, 0.25) is 5.02 Å². The maximum Gasteiger partial charge on any atom is 0.255 e. The smallest absolute Gasteiger partial charge is 0.255 e. The zero-order valence-corrected chi connectivity index (χ0v) is 17.8. The molecule has 4 aromatic rings. The first-order valence-corrected chi connectivity index (χ1v) is 10.7. The summed E-state index contributed by atoms with van der Waals surface area (Å²) in [6, 6.07) is 18.8. The molecule has 0 spiro atoms. The van der Waals surface area contributed by atoms with Crippen LogP contribution < -0.4 is 5.32 Å². The number of carbonyl (C=O) groups excluding carboxylic acids is 1. The number of nitrogens with one attached hydrogen (secondary N) is 1. The maximum absolute atomic E-state index is 12.4. The van der Waals surface area contributed by atoms with Crippen LogP contribution in [-0.4, -0.2) is 15.3 Å². The quantitative estimate of drug-likeness (QED) is 0.347. The van der Waals surface area contributed by atoms with Crippen LogP contribution in [0.4, 0.5) is 5.69 Å². The van der Waals surface area contributed by atoms with E-state index in [0.29, 0.717) is 16.3 Å². The minimum absolute atomic E-state index is 0.193. The molecule has 1 amide bonds. The first-order chi connectivity index (χ1) is 13.6. The number of imidazole rings is 1. The summed E-state index contributed by atoms with van der Waals surface area (Å²) in [6.45, 7) is 0. The number of fused-ring (bicyclic) bond motifs is 1. The Morgan fingerprint density at radius 1 is 1.14 bits per heavy atom. The lowest BCUT2D eigenvalue weighted by molar-refractivity contribution is 0.102. The van der Waals surface area contributed by atoms with Gasteiger partial charge in [0.05, 0.1) is 16.4 Å². The van der Waals surface area contributed by atoms with Gasteiger partial charge in [-0.2, -0.15) is 0 Å². The number of benzene rings is 2. The number of hydrogen-bond donors (Lipinski definition) is 1. The van der Waals surface area contributed by atoms with Gasteiger partial charge in [-0.25, -0.2) is 4.98 Å². The summed E-state index contributed by atoms with van der Waals surface area (Å²) >= 11 is 11.2. The Morgan fingerprint density at radius 2 is 1.96 bits per heavy atom. The Morgan fingerprint density at radius 3 is 2.71 bits per heavy atom. The Kier molecular flexibility index (Phi) is 5.71. The van der Waals surface area contributed by atoms with Crippen LogP contribution in [0.3, 0.4) is 0 Å². The first-order valence-electron chi connectivity index (χ1n) is 8.50. The van der Waals surface area contributed by atoms with Gasteiger partial charge in [-0.3, -0.25) is 4.79 Å². The molecule has 0 atom stereocenters. The molecule has 4 rings (SSSR count). The van der Waals surface area contributed by atoms with Gasteiger partial charge in [0.2, 0.25) is 0 Å². The number of thioether (sulfide) groups is 1. The number of hydrogen-bond acceptors (Lipinski definition) is 3. The Labute approximate surface area is 180 Å². The Bertz CT molecular complexity index is 1110. The van der Waals surface area contributed by atoms with Gasteiger partial charge in [-0.05, 0) is 54.6 Å². The van der Waals surface area contributed by atoms with E-state index in [1.54, 1.807) is 23.9 Å². The van der Waals surface area contributed by atoms with E-state index in [-0.39, 0.29) is 5.91 Å². The van der Waals surface area contributed by atoms with Gasteiger partial charge < -0.3 is 9.72 Å². The molecule has 0 radical (unpaired) electrons. The molecule has 2 aromatic carbocycles. The van der Waals surface area contributed by atoms with Crippen molar-refractivity contribution in [2.45, 2.75) is 10.6 Å². The lowest BCUT2D eigenvalue weighted by atomic mass is 10.2. The highest BCUT2D eigenvalue weighted by Gasteiger charge is 2.09. The van der Waals surface area contributed by atoms with Crippen molar-refractivity contribution in [2.75, 3.05) is 5.32 Å². The number of rotatable bonds is 5. The summed E-state index contributed by atoms with van der Waals surface area (Å²) in [5.74, 6) is 0.572. The van der Waals surface area contributed by atoms with Gasteiger partial charge in [-0.1, -0.05) is 33.6 Å². The lowest BCUT2D eigenvalue weighted by Crippen LogP contribution is -2.12. The molecule has 0 fully saturated rings. The summed E-state index contributed by atoms with van der Waals surface area (Å²) in [5, 5.41) is 3.32. The number of pyridine rings is 1. The third-order valence-corrected chi connectivity index (χ3v) is 5.95. The van der Waals surface area contributed by atoms with Gasteiger partial charge in [0, 0.05) is 33.1 Å². The molecule has 0 bridgehead atoms. The average molecular weight is 473 g/mol. The second-order valence-electron chi connectivity index (χ2n) is 6.09. The zero-order valence-electron chi connectivity index (χ0n) is 14.6. The van der Waals surface area contributed by atoms with Crippen molar-refractivity contribution >= 4 is 56.5 Å². The first kappa shape index (κ1) is 19.1. The van der Waals surface area contributed by atoms with Crippen molar-refractivity contribution < 1.29 is 4.79 Å². The fraction of sp³-hybridized carbons (Fsp3) is 0.0476. The van der Waals surface area contributed by atoms with E-state index in [1.807, 2.05) is 65.3 Å². The molecule has 0 saturated heterocycles. The van der Waals surface area contributed by atoms with Crippen LogP contribution in [0.15, 0.2) is 82.4 Å². The molecular weight excluding hydrogens is 458 g/mol. The number of amides is 1. The van der Waals surface area contributed by atoms with Crippen LogP contribution in [0.1, 0.15) is 16.1 Å². The molecular formula is C21H15BrClN3OS.